The third-order valence-electron chi connectivity index (χ3n) is 5.63. The molecule has 0 unspecified atom stereocenters. The summed E-state index contributed by atoms with van der Waals surface area (Å²) in [5, 5.41) is 14.1. The molecule has 8 heteroatoms. The summed E-state index contributed by atoms with van der Waals surface area (Å²) >= 11 is 0. The number of carboxylic acid groups (broad SMARTS) is 1. The summed E-state index contributed by atoms with van der Waals surface area (Å²) in [6.45, 7) is 5.03. The monoisotopic (exact) mass is 409 g/mol. The minimum atomic E-state index is -0.825. The number of anilines is 1. The Morgan fingerprint density at radius 1 is 1.20 bits per heavy atom. The van der Waals surface area contributed by atoms with Gasteiger partial charge in [0.2, 0.25) is 5.95 Å². The van der Waals surface area contributed by atoms with Crippen LogP contribution in [0.15, 0.2) is 36.8 Å². The number of aromatic nitrogens is 4. The van der Waals surface area contributed by atoms with E-state index in [9.17, 15) is 4.79 Å². The van der Waals surface area contributed by atoms with Crippen molar-refractivity contribution >= 4 is 22.8 Å². The number of benzene rings is 1. The molecule has 0 spiro atoms. The fourth-order valence-electron chi connectivity index (χ4n) is 3.74. The Labute approximate surface area is 175 Å². The van der Waals surface area contributed by atoms with Gasteiger partial charge >= 0.3 is 5.97 Å². The van der Waals surface area contributed by atoms with Gasteiger partial charge in [-0.25, -0.2) is 9.97 Å². The number of piperidine rings is 1. The lowest BCUT2D eigenvalue weighted by atomic mass is 9.98. The van der Waals surface area contributed by atoms with Crippen molar-refractivity contribution in [2.75, 3.05) is 24.6 Å². The quantitative estimate of drug-likeness (QED) is 0.611. The predicted molar refractivity (Wildman–Crippen MR) is 114 cm³/mol. The van der Waals surface area contributed by atoms with Gasteiger partial charge in [-0.15, -0.1) is 0 Å². The molecule has 0 saturated carbocycles. The molecule has 3 heterocycles. The van der Waals surface area contributed by atoms with Gasteiger partial charge in [0.1, 0.15) is 5.75 Å². The van der Waals surface area contributed by atoms with Crippen LogP contribution in [0, 0.1) is 5.92 Å². The Hall–Kier alpha value is -3.16. The van der Waals surface area contributed by atoms with E-state index < -0.39 is 5.97 Å². The molecule has 30 heavy (non-hydrogen) atoms. The largest absolute Gasteiger partial charge is 0.493 e. The number of nitrogens with zero attached hydrogens (tertiary/aromatic N) is 5. The Morgan fingerprint density at radius 3 is 2.67 bits per heavy atom. The topological polar surface area (TPSA) is 93.4 Å². The minimum absolute atomic E-state index is 0.0571. The number of rotatable bonds is 8. The summed E-state index contributed by atoms with van der Waals surface area (Å²) in [5.41, 5.74) is 2.08. The van der Waals surface area contributed by atoms with E-state index in [2.05, 4.69) is 26.9 Å². The lowest BCUT2D eigenvalue weighted by Crippen LogP contribution is -2.36. The van der Waals surface area contributed by atoms with E-state index in [0.29, 0.717) is 19.1 Å². The number of hydrogen-bond acceptors (Lipinski definition) is 6. The smallest absolute Gasteiger partial charge is 0.305 e. The minimum Gasteiger partial charge on any atom is -0.493 e. The molecule has 0 amide bonds. The van der Waals surface area contributed by atoms with Crippen LogP contribution >= 0.6 is 0 Å². The maximum Gasteiger partial charge on any atom is 0.305 e. The van der Waals surface area contributed by atoms with Gasteiger partial charge in [-0.05, 0) is 48.9 Å². The van der Waals surface area contributed by atoms with Crippen molar-refractivity contribution in [2.45, 2.75) is 39.2 Å². The summed E-state index contributed by atoms with van der Waals surface area (Å²) in [5.74, 6) is 1.32. The fraction of sp³-hybridized carbons (Fsp3) is 0.455. The van der Waals surface area contributed by atoms with Crippen LogP contribution in [0.5, 0.6) is 5.75 Å². The van der Waals surface area contributed by atoms with Gasteiger partial charge in [-0.1, -0.05) is 6.92 Å². The highest BCUT2D eigenvalue weighted by Crippen LogP contribution is 2.24. The van der Waals surface area contributed by atoms with Gasteiger partial charge in [0, 0.05) is 30.9 Å². The van der Waals surface area contributed by atoms with E-state index in [0.717, 1.165) is 60.5 Å². The first-order valence-electron chi connectivity index (χ1n) is 10.5. The molecule has 2 aromatic heterocycles. The second-order valence-corrected chi connectivity index (χ2v) is 7.72. The maximum absolute atomic E-state index is 10.8. The first-order valence-corrected chi connectivity index (χ1v) is 10.5. The first-order chi connectivity index (χ1) is 14.6. The summed E-state index contributed by atoms with van der Waals surface area (Å²) < 4.78 is 7.77. The molecule has 1 saturated heterocycles. The average molecular weight is 409 g/mol. The fourth-order valence-corrected chi connectivity index (χ4v) is 3.74. The van der Waals surface area contributed by atoms with Crippen LogP contribution < -0.4 is 9.64 Å². The van der Waals surface area contributed by atoms with Crippen LogP contribution in [0.3, 0.4) is 0 Å². The highest BCUT2D eigenvalue weighted by molar-refractivity contribution is 5.80. The highest BCUT2D eigenvalue weighted by atomic mass is 16.5. The third kappa shape index (κ3) is 4.69. The van der Waals surface area contributed by atoms with Crippen molar-refractivity contribution in [1.82, 2.24) is 19.7 Å². The zero-order chi connectivity index (χ0) is 20.9. The Balaban J connectivity index is 1.28. The lowest BCUT2D eigenvalue weighted by Gasteiger charge is -2.31. The van der Waals surface area contributed by atoms with E-state index >= 15 is 0 Å². The molecular weight excluding hydrogens is 382 g/mol. The summed E-state index contributed by atoms with van der Waals surface area (Å²) in [7, 11) is 0. The van der Waals surface area contributed by atoms with Gasteiger partial charge in [-0.2, -0.15) is 5.10 Å². The number of aliphatic carboxylic acids is 1. The normalized spacial score (nSPS) is 14.9. The lowest BCUT2D eigenvalue weighted by molar-refractivity contribution is -0.137. The van der Waals surface area contributed by atoms with Crippen molar-refractivity contribution in [2.24, 2.45) is 5.92 Å². The Bertz CT molecular complexity index is 994. The highest BCUT2D eigenvalue weighted by Gasteiger charge is 2.21. The molecule has 1 aliphatic rings. The van der Waals surface area contributed by atoms with Crippen LogP contribution in [-0.4, -0.2) is 50.5 Å². The number of carboxylic acids is 1. The van der Waals surface area contributed by atoms with Crippen LogP contribution in [-0.2, 0) is 17.8 Å². The van der Waals surface area contributed by atoms with Crippen molar-refractivity contribution < 1.29 is 14.6 Å². The molecule has 0 atom stereocenters. The molecule has 1 N–H and O–H groups in total. The molecular formula is C22H27N5O3. The predicted octanol–water partition coefficient (Wildman–Crippen LogP) is 3.16. The van der Waals surface area contributed by atoms with Crippen molar-refractivity contribution in [3.8, 4) is 5.75 Å². The summed E-state index contributed by atoms with van der Waals surface area (Å²) in [6.07, 6.45) is 8.69. The Morgan fingerprint density at radius 2 is 1.97 bits per heavy atom. The number of hydrogen-bond donors (Lipinski definition) is 1. The standard InChI is InChI=1S/C22H27N5O3/c1-2-16-12-23-22(24-13-16)26-8-5-17(6-9-26)15-30-19-3-4-20-18(11-19)14-25-27(20)10-7-21(28)29/h3-4,11-14,17H,2,5-10,15H2,1H3,(H,28,29). The molecule has 1 fully saturated rings. The number of carbonyl (C=O) groups is 1. The molecule has 0 aliphatic carbocycles. The molecule has 0 radical (unpaired) electrons. The summed E-state index contributed by atoms with van der Waals surface area (Å²) in [6, 6.07) is 5.84. The SMILES string of the molecule is CCc1cnc(N2CCC(COc3ccc4c(cnn4CCC(=O)O)c3)CC2)nc1. The molecule has 8 nitrogen and oxygen atoms in total. The van der Waals surface area contributed by atoms with Crippen LogP contribution in [0.4, 0.5) is 5.95 Å². The van der Waals surface area contributed by atoms with Crippen molar-refractivity contribution in [1.29, 1.82) is 0 Å². The molecule has 3 aromatic rings. The molecule has 1 aliphatic heterocycles. The van der Waals surface area contributed by atoms with Gasteiger partial charge in [0.25, 0.3) is 0 Å². The van der Waals surface area contributed by atoms with E-state index in [-0.39, 0.29) is 6.42 Å². The van der Waals surface area contributed by atoms with E-state index in [1.165, 1.54) is 0 Å². The van der Waals surface area contributed by atoms with E-state index in [1.54, 1.807) is 10.9 Å². The van der Waals surface area contributed by atoms with Crippen molar-refractivity contribution in [3.05, 3.63) is 42.4 Å². The zero-order valence-electron chi connectivity index (χ0n) is 17.2. The first kappa shape index (κ1) is 20.1. The van der Waals surface area contributed by atoms with Gasteiger partial charge in [0.05, 0.1) is 31.3 Å². The maximum atomic E-state index is 10.8. The Kier molecular flexibility index (Phi) is 6.11. The third-order valence-corrected chi connectivity index (χ3v) is 5.63. The second-order valence-electron chi connectivity index (χ2n) is 7.72. The van der Waals surface area contributed by atoms with Crippen LogP contribution in [0.1, 0.15) is 31.7 Å². The van der Waals surface area contributed by atoms with E-state index in [1.807, 2.05) is 30.6 Å². The number of ether oxygens (including phenoxy) is 1. The van der Waals surface area contributed by atoms with Crippen molar-refractivity contribution in [3.63, 3.8) is 0 Å². The number of fused-ring (bicyclic) bond motifs is 1. The summed E-state index contributed by atoms with van der Waals surface area (Å²) in [4.78, 5) is 22.0. The molecule has 4 rings (SSSR count). The van der Waals surface area contributed by atoms with Gasteiger partial charge in [-0.3, -0.25) is 9.48 Å². The average Bonchev–Trinajstić information content (AvgIpc) is 3.19. The molecule has 0 bridgehead atoms. The number of aryl methyl sites for hydroxylation is 2. The van der Waals surface area contributed by atoms with Gasteiger partial charge in [0.15, 0.2) is 0 Å². The van der Waals surface area contributed by atoms with Crippen LogP contribution in [0.25, 0.3) is 10.9 Å². The zero-order valence-corrected chi connectivity index (χ0v) is 17.2. The molecule has 1 aromatic carbocycles. The second kappa shape index (κ2) is 9.11. The van der Waals surface area contributed by atoms with Crippen LogP contribution in [0.2, 0.25) is 0 Å². The van der Waals surface area contributed by atoms with E-state index in [4.69, 9.17) is 9.84 Å². The molecule has 158 valence electrons. The van der Waals surface area contributed by atoms with Gasteiger partial charge < -0.3 is 14.7 Å².